The van der Waals surface area contributed by atoms with Crippen molar-refractivity contribution in [1.29, 1.82) is 0 Å². The zero-order valence-corrected chi connectivity index (χ0v) is 16.5. The lowest BCUT2D eigenvalue weighted by Gasteiger charge is -2.09. The van der Waals surface area contributed by atoms with Gasteiger partial charge in [0, 0.05) is 16.6 Å². The highest BCUT2D eigenvalue weighted by atomic mass is 32.1. The number of aromatic nitrogens is 1. The number of nitrogens with one attached hydrogen (secondary N) is 2. The number of hydrogen-bond donors (Lipinski definition) is 2. The number of thiazole rings is 1. The maximum atomic E-state index is 12.8. The van der Waals surface area contributed by atoms with Crippen LogP contribution in [0, 0.1) is 0 Å². The molecule has 31 heavy (non-hydrogen) atoms. The minimum absolute atomic E-state index is 0.0337. The molecule has 0 atom stereocenters. The van der Waals surface area contributed by atoms with Crippen LogP contribution < -0.4 is 20.1 Å². The summed E-state index contributed by atoms with van der Waals surface area (Å²) in [4.78, 5) is 28.7. The predicted octanol–water partition coefficient (Wildman–Crippen LogP) is 4.32. The quantitative estimate of drug-likeness (QED) is 0.606. The van der Waals surface area contributed by atoms with Crippen LogP contribution >= 0.6 is 11.3 Å². The average Bonchev–Trinajstić information content (AvgIpc) is 3.36. The molecule has 1 aliphatic heterocycles. The van der Waals surface area contributed by atoms with Gasteiger partial charge in [-0.05, 0) is 36.4 Å². The van der Waals surface area contributed by atoms with Crippen molar-refractivity contribution in [2.24, 2.45) is 0 Å². The molecule has 0 radical (unpaired) electrons. The summed E-state index contributed by atoms with van der Waals surface area (Å²) in [5.74, 6) is 0.0875. The van der Waals surface area contributed by atoms with Gasteiger partial charge in [-0.15, -0.1) is 11.3 Å². The monoisotopic (exact) mass is 449 g/mol. The summed E-state index contributed by atoms with van der Waals surface area (Å²) in [5, 5.41) is 6.91. The summed E-state index contributed by atoms with van der Waals surface area (Å²) in [7, 11) is 0. The van der Waals surface area contributed by atoms with E-state index in [1.54, 1.807) is 23.6 Å². The number of nitrogens with zero attached hydrogens (tertiary/aromatic N) is 1. The molecule has 0 unspecified atom stereocenters. The maximum absolute atomic E-state index is 12.8. The fourth-order valence-corrected chi connectivity index (χ4v) is 3.50. The van der Waals surface area contributed by atoms with Gasteiger partial charge in [-0.3, -0.25) is 14.9 Å². The molecule has 0 saturated carbocycles. The van der Waals surface area contributed by atoms with E-state index in [9.17, 15) is 22.8 Å². The molecule has 2 aromatic carbocycles. The topological polar surface area (TPSA) is 89.6 Å². The lowest BCUT2D eigenvalue weighted by Crippen LogP contribution is -2.16. The second kappa shape index (κ2) is 8.26. The molecular weight excluding hydrogens is 435 g/mol. The van der Waals surface area contributed by atoms with Crippen molar-refractivity contribution in [3.63, 3.8) is 0 Å². The molecule has 2 N–H and O–H groups in total. The van der Waals surface area contributed by atoms with E-state index in [4.69, 9.17) is 9.47 Å². The minimum Gasteiger partial charge on any atom is -0.454 e. The molecule has 160 valence electrons. The van der Waals surface area contributed by atoms with Crippen molar-refractivity contribution < 1.29 is 32.2 Å². The fourth-order valence-electron chi connectivity index (χ4n) is 2.80. The summed E-state index contributed by atoms with van der Waals surface area (Å²) in [5.41, 5.74) is -0.0994. The average molecular weight is 449 g/mol. The van der Waals surface area contributed by atoms with Crippen LogP contribution in [0.5, 0.6) is 11.5 Å². The third-order valence-corrected chi connectivity index (χ3v) is 5.03. The molecule has 0 saturated heterocycles. The molecule has 7 nitrogen and oxygen atoms in total. The van der Waals surface area contributed by atoms with Gasteiger partial charge in [0.25, 0.3) is 5.91 Å². The highest BCUT2D eigenvalue weighted by Gasteiger charge is 2.30. The van der Waals surface area contributed by atoms with Gasteiger partial charge in [0.2, 0.25) is 12.7 Å². The van der Waals surface area contributed by atoms with Gasteiger partial charge >= 0.3 is 6.18 Å². The molecule has 0 aliphatic carbocycles. The van der Waals surface area contributed by atoms with Gasteiger partial charge in [-0.1, -0.05) is 6.07 Å². The Balaban J connectivity index is 1.36. The van der Waals surface area contributed by atoms with Crippen LogP contribution in [0.15, 0.2) is 47.8 Å². The number of halogens is 3. The Labute approximate surface area is 177 Å². The van der Waals surface area contributed by atoms with E-state index in [2.05, 4.69) is 15.6 Å². The first-order valence-electron chi connectivity index (χ1n) is 8.90. The molecule has 1 aromatic heterocycles. The van der Waals surface area contributed by atoms with Crippen LogP contribution in [0.1, 0.15) is 21.6 Å². The Morgan fingerprint density at radius 3 is 2.68 bits per heavy atom. The van der Waals surface area contributed by atoms with Crippen molar-refractivity contribution in [2.45, 2.75) is 12.6 Å². The Morgan fingerprint density at radius 2 is 1.87 bits per heavy atom. The van der Waals surface area contributed by atoms with E-state index < -0.39 is 23.6 Å². The zero-order chi connectivity index (χ0) is 22.0. The summed E-state index contributed by atoms with van der Waals surface area (Å²) < 4.78 is 48.8. The highest BCUT2D eigenvalue weighted by molar-refractivity contribution is 7.14. The third kappa shape index (κ3) is 4.94. The molecule has 1 aliphatic rings. The Bertz CT molecular complexity index is 1150. The van der Waals surface area contributed by atoms with Crippen molar-refractivity contribution in [1.82, 2.24) is 4.98 Å². The normalized spacial score (nSPS) is 12.5. The SMILES string of the molecule is O=C(Cc1csc(NC(=O)c2ccc3c(c2)OCO3)n1)Nc1cccc(C(F)(F)F)c1. The van der Waals surface area contributed by atoms with E-state index >= 15 is 0 Å². The van der Waals surface area contributed by atoms with Crippen molar-refractivity contribution in [2.75, 3.05) is 17.4 Å². The number of alkyl halides is 3. The second-order valence-corrected chi connectivity index (χ2v) is 7.33. The van der Waals surface area contributed by atoms with Gasteiger partial charge in [0.15, 0.2) is 16.6 Å². The summed E-state index contributed by atoms with van der Waals surface area (Å²) in [6.45, 7) is 0.0960. The van der Waals surface area contributed by atoms with Gasteiger partial charge in [0.05, 0.1) is 17.7 Å². The number of carbonyl (C=O) groups is 2. The lowest BCUT2D eigenvalue weighted by atomic mass is 10.2. The smallest absolute Gasteiger partial charge is 0.416 e. The molecule has 0 bridgehead atoms. The van der Waals surface area contributed by atoms with E-state index in [0.29, 0.717) is 22.8 Å². The van der Waals surface area contributed by atoms with Gasteiger partial charge in [-0.2, -0.15) is 13.2 Å². The number of ether oxygens (including phenoxy) is 2. The van der Waals surface area contributed by atoms with Gasteiger partial charge in [-0.25, -0.2) is 4.98 Å². The van der Waals surface area contributed by atoms with Gasteiger partial charge < -0.3 is 14.8 Å². The summed E-state index contributed by atoms with van der Waals surface area (Å²) in [6, 6.07) is 9.12. The van der Waals surface area contributed by atoms with E-state index in [0.717, 1.165) is 23.5 Å². The van der Waals surface area contributed by atoms with Crippen molar-refractivity contribution in [3.8, 4) is 11.5 Å². The van der Waals surface area contributed by atoms with Crippen LogP contribution in [-0.2, 0) is 17.4 Å². The minimum atomic E-state index is -4.50. The summed E-state index contributed by atoms with van der Waals surface area (Å²) in [6.07, 6.45) is -4.66. The largest absolute Gasteiger partial charge is 0.454 e. The molecule has 11 heteroatoms. The second-order valence-electron chi connectivity index (χ2n) is 6.47. The van der Waals surface area contributed by atoms with E-state index in [1.165, 1.54) is 12.1 Å². The molecule has 0 spiro atoms. The lowest BCUT2D eigenvalue weighted by molar-refractivity contribution is -0.137. The molecule has 3 aromatic rings. The Hall–Kier alpha value is -3.60. The van der Waals surface area contributed by atoms with Crippen molar-refractivity contribution in [3.05, 3.63) is 64.7 Å². The highest BCUT2D eigenvalue weighted by Crippen LogP contribution is 2.33. The first-order valence-corrected chi connectivity index (χ1v) is 9.78. The molecule has 0 fully saturated rings. The molecule has 2 heterocycles. The van der Waals surface area contributed by atoms with Gasteiger partial charge in [0.1, 0.15) is 0 Å². The number of fused-ring (bicyclic) bond motifs is 1. The van der Waals surface area contributed by atoms with Crippen LogP contribution in [0.25, 0.3) is 0 Å². The molecule has 4 rings (SSSR count). The number of anilines is 2. The predicted molar refractivity (Wildman–Crippen MR) is 106 cm³/mol. The Kier molecular flexibility index (Phi) is 5.51. The van der Waals surface area contributed by atoms with E-state index in [-0.39, 0.29) is 24.0 Å². The van der Waals surface area contributed by atoms with E-state index in [1.807, 2.05) is 0 Å². The Morgan fingerprint density at radius 1 is 1.06 bits per heavy atom. The molecular formula is C20H14F3N3O4S. The van der Waals surface area contributed by atoms with Crippen LogP contribution in [0.4, 0.5) is 24.0 Å². The van der Waals surface area contributed by atoms with Crippen molar-refractivity contribution >= 4 is 34.0 Å². The molecule has 2 amide bonds. The maximum Gasteiger partial charge on any atom is 0.416 e. The zero-order valence-electron chi connectivity index (χ0n) is 15.7. The first kappa shape index (κ1) is 20.7. The standard InChI is InChI=1S/C20H14F3N3O4S/c21-20(22,23)12-2-1-3-13(7-12)24-17(27)8-14-9-31-19(25-14)26-18(28)11-4-5-15-16(6-11)30-10-29-15/h1-7,9H,8,10H2,(H,24,27)(H,25,26,28). The van der Waals surface area contributed by atoms with Crippen LogP contribution in [-0.4, -0.2) is 23.6 Å². The fraction of sp³-hybridized carbons (Fsp3) is 0.150. The number of hydrogen-bond acceptors (Lipinski definition) is 6. The van der Waals surface area contributed by atoms with Crippen LogP contribution in [0.3, 0.4) is 0 Å². The van der Waals surface area contributed by atoms with Crippen LogP contribution in [0.2, 0.25) is 0 Å². The summed E-state index contributed by atoms with van der Waals surface area (Å²) >= 11 is 1.12. The number of carbonyl (C=O) groups excluding carboxylic acids is 2. The number of benzene rings is 2. The third-order valence-electron chi connectivity index (χ3n) is 4.22. The number of rotatable bonds is 5. The first-order chi connectivity index (χ1) is 14.8. The number of amides is 2.